The van der Waals surface area contributed by atoms with Gasteiger partial charge in [-0.15, -0.1) is 0 Å². The Balaban J connectivity index is 3.23. The molecule has 0 saturated heterocycles. The zero-order valence-electron chi connectivity index (χ0n) is 6.91. The van der Waals surface area contributed by atoms with Gasteiger partial charge in [0, 0.05) is 30.0 Å². The molecule has 1 aromatic heterocycles. The Labute approximate surface area is 109 Å². The number of rotatable bonds is 4. The average Bonchev–Trinajstić information content (AvgIpc) is 2.19. The molecule has 0 amide bonds. The van der Waals surface area contributed by atoms with Crippen molar-refractivity contribution < 1.29 is 0 Å². The van der Waals surface area contributed by atoms with Gasteiger partial charge in [0.1, 0.15) is 0 Å². The molecule has 1 atom stereocenters. The van der Waals surface area contributed by atoms with Crippen LogP contribution in [0.4, 0.5) is 0 Å². The number of aromatic nitrogens is 3. The zero-order chi connectivity index (χ0) is 11.1. The third-order valence-electron chi connectivity index (χ3n) is 1.01. The van der Waals surface area contributed by atoms with Crippen LogP contribution in [-0.4, -0.2) is 15.0 Å². The van der Waals surface area contributed by atoms with Crippen LogP contribution in [0.3, 0.4) is 0 Å². The summed E-state index contributed by atoms with van der Waals surface area (Å²) in [6, 6.07) is 0. The van der Waals surface area contributed by atoms with Crippen molar-refractivity contribution in [2.24, 2.45) is 0 Å². The summed E-state index contributed by atoms with van der Waals surface area (Å²) in [6.45, 7) is 0. The summed E-state index contributed by atoms with van der Waals surface area (Å²) in [7, 11) is 12.9. The van der Waals surface area contributed by atoms with Crippen molar-refractivity contribution in [2.75, 3.05) is 0 Å². The Bertz CT molecular complexity index is 444. The second-order valence-electron chi connectivity index (χ2n) is 1.83. The highest BCUT2D eigenvalue weighted by Crippen LogP contribution is 2.22. The average molecular weight is 363 g/mol. The van der Waals surface area contributed by atoms with Crippen LogP contribution < -0.4 is 16.7 Å². The first kappa shape index (κ1) is 14.7. The number of hydrogen-bond acceptors (Lipinski definition) is 4. The molecule has 15 heavy (non-hydrogen) atoms. The second kappa shape index (κ2) is 8.66. The van der Waals surface area contributed by atoms with Crippen molar-refractivity contribution >= 4 is 94.8 Å². The van der Waals surface area contributed by atoms with Crippen LogP contribution in [0.5, 0.6) is 0 Å². The van der Waals surface area contributed by atoms with Crippen molar-refractivity contribution in [3.8, 4) is 0 Å². The Hall–Kier alpha value is 1.60. The summed E-state index contributed by atoms with van der Waals surface area (Å²) in [5.74, 6) is 0. The maximum atomic E-state index is 4.90. The topological polar surface area (TPSA) is 38.7 Å². The first-order chi connectivity index (χ1) is 7.30. The van der Waals surface area contributed by atoms with Crippen molar-refractivity contribution in [1.82, 2.24) is 15.0 Å². The Kier molecular flexibility index (Phi) is 8.46. The lowest BCUT2D eigenvalue weighted by molar-refractivity contribution is 1.20. The Morgan fingerprint density at radius 3 is 2.00 bits per heavy atom. The monoisotopic (exact) mass is 363 g/mol. The highest BCUT2D eigenvalue weighted by atomic mass is 32.7. The van der Waals surface area contributed by atoms with Crippen LogP contribution in [0.1, 0.15) is 0 Å². The highest BCUT2D eigenvalue weighted by molar-refractivity contribution is 8.32. The van der Waals surface area contributed by atoms with E-state index in [1.165, 1.54) is 20.2 Å². The molecule has 0 aliphatic rings. The lowest BCUT2D eigenvalue weighted by Gasteiger charge is -1.96. The van der Waals surface area contributed by atoms with E-state index < -0.39 is 0 Å². The molecule has 0 fully saturated rings. The molecule has 1 aromatic rings. The predicted molar refractivity (Wildman–Crippen MR) is 86.5 cm³/mol. The van der Waals surface area contributed by atoms with Gasteiger partial charge in [-0.05, 0) is 0 Å². The Morgan fingerprint density at radius 1 is 1.07 bits per heavy atom. The molecule has 0 bridgehead atoms. The van der Waals surface area contributed by atoms with Crippen LogP contribution >= 0.6 is 46.1 Å². The van der Waals surface area contributed by atoms with E-state index in [2.05, 4.69) is 31.0 Å². The van der Waals surface area contributed by atoms with Crippen LogP contribution in [0.25, 0.3) is 0 Å². The molecule has 12 heteroatoms. The standard InChI is InChI=1S/C3H3N3P6S3/c7-14-10-2-4-1(9-12-13)5-3(6-2)11-15-8/h7-9H. The van der Waals surface area contributed by atoms with Gasteiger partial charge in [0.2, 0.25) is 0 Å². The van der Waals surface area contributed by atoms with Crippen LogP contribution in [0, 0.1) is 0 Å². The van der Waals surface area contributed by atoms with Crippen molar-refractivity contribution in [2.45, 2.75) is 0 Å². The van der Waals surface area contributed by atoms with Gasteiger partial charge in [-0.1, -0.05) is 48.1 Å². The van der Waals surface area contributed by atoms with Crippen LogP contribution in [0.2, 0.25) is 0 Å². The van der Waals surface area contributed by atoms with E-state index in [-0.39, 0.29) is 0 Å². The second-order valence-corrected chi connectivity index (χ2v) is 12.5. The third kappa shape index (κ3) is 5.65. The minimum absolute atomic E-state index is 0.454. The van der Waals surface area contributed by atoms with Crippen LogP contribution in [0.15, 0.2) is 0 Å². The molecule has 1 rings (SSSR count). The van der Waals surface area contributed by atoms with Gasteiger partial charge in [-0.25, -0.2) is 9.97 Å². The molecule has 0 radical (unpaired) electrons. The molecule has 0 aromatic carbocycles. The van der Waals surface area contributed by atoms with Crippen molar-refractivity contribution in [3.63, 3.8) is 0 Å². The first-order valence-electron chi connectivity index (χ1n) is 3.22. The molecule has 78 valence electrons. The van der Waals surface area contributed by atoms with E-state index in [1.54, 1.807) is 0 Å². The smallest absolute Gasteiger partial charge is 0.194 e. The molecular formula is C3H3N3P6S3. The van der Waals surface area contributed by atoms with Gasteiger partial charge < -0.3 is 0 Å². The van der Waals surface area contributed by atoms with Crippen molar-refractivity contribution in [1.29, 1.82) is 0 Å². The molecule has 0 saturated carbocycles. The maximum absolute atomic E-state index is 4.90. The molecule has 0 aliphatic carbocycles. The van der Waals surface area contributed by atoms with Gasteiger partial charge in [0.15, 0.2) is 16.7 Å². The predicted octanol–water partition coefficient (Wildman–Crippen LogP) is 1.75. The van der Waals surface area contributed by atoms with E-state index >= 15 is 0 Å². The fourth-order valence-corrected chi connectivity index (χ4v) is 5.70. The summed E-state index contributed by atoms with van der Waals surface area (Å²) in [5.41, 5.74) is 2.34. The molecule has 0 aliphatic heterocycles. The zero-order valence-corrected chi connectivity index (χ0v) is 15.0. The van der Waals surface area contributed by atoms with E-state index in [9.17, 15) is 0 Å². The van der Waals surface area contributed by atoms with E-state index in [0.29, 0.717) is 8.27 Å². The minimum atomic E-state index is 0.454. The lowest BCUT2D eigenvalue weighted by atomic mass is 11.1. The normalized spacial score (nSPS) is 11.5. The van der Waals surface area contributed by atoms with Gasteiger partial charge in [-0.2, -0.15) is 4.98 Å². The van der Waals surface area contributed by atoms with Gasteiger partial charge >= 0.3 is 0 Å². The minimum Gasteiger partial charge on any atom is -0.203 e. The highest BCUT2D eigenvalue weighted by Gasteiger charge is 2.02. The quantitative estimate of drug-likeness (QED) is 0.765. The molecule has 0 N–H and O–H groups in total. The number of nitrogens with zero attached hydrogens (tertiary/aromatic N) is 3. The fourth-order valence-electron chi connectivity index (χ4n) is 0.608. The van der Waals surface area contributed by atoms with E-state index in [0.717, 1.165) is 38.5 Å². The van der Waals surface area contributed by atoms with E-state index in [1.807, 2.05) is 0 Å². The Morgan fingerprint density at radius 2 is 1.60 bits per heavy atom. The lowest BCUT2D eigenvalue weighted by Crippen LogP contribution is -2.27. The summed E-state index contributed by atoms with van der Waals surface area (Å²) in [5, 5.41) is 0. The largest absolute Gasteiger partial charge is 0.203 e. The van der Waals surface area contributed by atoms with Gasteiger partial charge in [0.25, 0.3) is 0 Å². The summed E-state index contributed by atoms with van der Waals surface area (Å²) < 4.78 is 0. The summed E-state index contributed by atoms with van der Waals surface area (Å²) in [6.07, 6.45) is 0. The fraction of sp³-hybridized carbons (Fsp3) is 0. The van der Waals surface area contributed by atoms with Gasteiger partial charge in [0.05, 0.1) is 0 Å². The van der Waals surface area contributed by atoms with Crippen LogP contribution in [-0.2, 0) is 32.0 Å². The van der Waals surface area contributed by atoms with Crippen molar-refractivity contribution in [3.05, 3.63) is 0 Å². The molecule has 1 unspecified atom stereocenters. The van der Waals surface area contributed by atoms with E-state index in [4.69, 9.17) is 11.8 Å². The molecule has 3 nitrogen and oxygen atoms in total. The maximum Gasteiger partial charge on any atom is 0.194 e. The summed E-state index contributed by atoms with van der Waals surface area (Å²) in [4.78, 5) is 12.9. The summed E-state index contributed by atoms with van der Waals surface area (Å²) >= 11 is 4.90. The third-order valence-corrected chi connectivity index (χ3v) is 7.30. The molecular weight excluding hydrogens is 360 g/mol. The molecule has 0 spiro atoms. The van der Waals surface area contributed by atoms with Gasteiger partial charge in [-0.3, -0.25) is 0 Å². The molecule has 1 heterocycles. The first-order valence-corrected chi connectivity index (χ1v) is 14.0. The SMILES string of the molecule is P=S=Pc1nc(P=S=P)nc(PP=S)n1. The number of hydrogen-bond donors (Lipinski definition) is 0.